The van der Waals surface area contributed by atoms with Crippen LogP contribution in [-0.4, -0.2) is 21.9 Å². The number of rotatable bonds is 4. The van der Waals surface area contributed by atoms with E-state index in [9.17, 15) is 0 Å². The van der Waals surface area contributed by atoms with Gasteiger partial charge in [0, 0.05) is 25.7 Å². The molecule has 2 heterocycles. The molecule has 0 saturated carbocycles. The lowest BCUT2D eigenvalue weighted by atomic mass is 10.1. The van der Waals surface area contributed by atoms with Crippen molar-refractivity contribution in [2.24, 2.45) is 0 Å². The average Bonchev–Trinajstić information content (AvgIpc) is 3.12. The molecule has 6 heteroatoms. The van der Waals surface area contributed by atoms with E-state index in [1.54, 1.807) is 19.5 Å². The van der Waals surface area contributed by atoms with Gasteiger partial charge in [-0.15, -0.1) is 11.3 Å². The Bertz CT molecular complexity index is 696. The topological polar surface area (TPSA) is 39.9 Å². The van der Waals surface area contributed by atoms with Crippen molar-refractivity contribution in [3.05, 3.63) is 63.8 Å². The molecule has 4 nitrogen and oxygen atoms in total. The van der Waals surface area contributed by atoms with Crippen LogP contribution < -0.4 is 0 Å². The summed E-state index contributed by atoms with van der Waals surface area (Å²) in [5.74, 6) is 0. The molecule has 0 aliphatic rings. The molecule has 2 aromatic heterocycles. The summed E-state index contributed by atoms with van der Waals surface area (Å²) >= 11 is 7.32. The standard InChI is InChI=1S/C14H12ClN3OS/c1-19-13(12-9-16-14(15)20-12)10-4-2-5-11(8-10)18-7-3-6-17-18/h2-9,13H,1H3. The first-order valence-electron chi connectivity index (χ1n) is 6.02. The number of aromatic nitrogens is 3. The van der Waals surface area contributed by atoms with E-state index >= 15 is 0 Å². The van der Waals surface area contributed by atoms with Gasteiger partial charge in [0.15, 0.2) is 4.47 Å². The van der Waals surface area contributed by atoms with Crippen molar-refractivity contribution >= 4 is 22.9 Å². The Morgan fingerprint density at radius 2 is 2.25 bits per heavy atom. The molecule has 0 radical (unpaired) electrons. The molecule has 0 fully saturated rings. The van der Waals surface area contributed by atoms with E-state index in [2.05, 4.69) is 16.1 Å². The molecule has 0 saturated heterocycles. The van der Waals surface area contributed by atoms with Crippen molar-refractivity contribution < 1.29 is 4.74 Å². The van der Waals surface area contributed by atoms with Gasteiger partial charge in [0.2, 0.25) is 0 Å². The number of hydrogen-bond donors (Lipinski definition) is 0. The van der Waals surface area contributed by atoms with Crippen LogP contribution in [0.3, 0.4) is 0 Å². The van der Waals surface area contributed by atoms with Gasteiger partial charge >= 0.3 is 0 Å². The molecule has 3 aromatic rings. The molecule has 0 N–H and O–H groups in total. The minimum Gasteiger partial charge on any atom is -0.371 e. The maximum atomic E-state index is 5.90. The number of benzene rings is 1. The zero-order valence-corrected chi connectivity index (χ0v) is 12.3. The van der Waals surface area contributed by atoms with Crippen LogP contribution in [-0.2, 0) is 4.74 Å². The van der Waals surface area contributed by atoms with Crippen LogP contribution in [0.5, 0.6) is 0 Å². The van der Waals surface area contributed by atoms with E-state index < -0.39 is 0 Å². The lowest BCUT2D eigenvalue weighted by molar-refractivity contribution is 0.139. The van der Waals surface area contributed by atoms with Gasteiger partial charge in [0.1, 0.15) is 6.10 Å². The third-order valence-corrected chi connectivity index (χ3v) is 4.09. The first-order chi connectivity index (χ1) is 9.78. The molecule has 0 spiro atoms. The third kappa shape index (κ3) is 2.60. The Kier molecular flexibility index (Phi) is 3.82. The fourth-order valence-corrected chi connectivity index (χ4v) is 3.11. The Hall–Kier alpha value is -1.69. The zero-order valence-electron chi connectivity index (χ0n) is 10.7. The number of thiazole rings is 1. The monoisotopic (exact) mass is 305 g/mol. The predicted molar refractivity (Wildman–Crippen MR) is 79.5 cm³/mol. The smallest absolute Gasteiger partial charge is 0.183 e. The highest BCUT2D eigenvalue weighted by Gasteiger charge is 2.17. The summed E-state index contributed by atoms with van der Waals surface area (Å²) in [6.07, 6.45) is 5.24. The lowest BCUT2D eigenvalue weighted by Gasteiger charge is -2.14. The van der Waals surface area contributed by atoms with Crippen molar-refractivity contribution in [1.29, 1.82) is 0 Å². The van der Waals surface area contributed by atoms with Gasteiger partial charge in [-0.3, -0.25) is 0 Å². The molecule has 20 heavy (non-hydrogen) atoms. The van der Waals surface area contributed by atoms with Gasteiger partial charge in [-0.25, -0.2) is 9.67 Å². The fraction of sp³-hybridized carbons (Fsp3) is 0.143. The van der Waals surface area contributed by atoms with E-state index in [4.69, 9.17) is 16.3 Å². The van der Waals surface area contributed by atoms with Crippen LogP contribution >= 0.6 is 22.9 Å². The number of hydrogen-bond acceptors (Lipinski definition) is 4. The summed E-state index contributed by atoms with van der Waals surface area (Å²) < 4.78 is 7.92. The normalized spacial score (nSPS) is 12.5. The van der Waals surface area contributed by atoms with Crippen molar-refractivity contribution in [3.63, 3.8) is 0 Å². The summed E-state index contributed by atoms with van der Waals surface area (Å²) in [7, 11) is 1.68. The predicted octanol–water partition coefficient (Wildman–Crippen LogP) is 3.72. The van der Waals surface area contributed by atoms with Crippen molar-refractivity contribution in [3.8, 4) is 5.69 Å². The molecule has 3 rings (SSSR count). The second-order valence-corrected chi connectivity index (χ2v) is 5.82. The highest BCUT2D eigenvalue weighted by atomic mass is 35.5. The second kappa shape index (κ2) is 5.75. The molecule has 102 valence electrons. The van der Waals surface area contributed by atoms with Crippen LogP contribution in [0.1, 0.15) is 16.5 Å². The molecule has 1 atom stereocenters. The summed E-state index contributed by atoms with van der Waals surface area (Å²) in [4.78, 5) is 5.05. The van der Waals surface area contributed by atoms with Crippen molar-refractivity contribution in [1.82, 2.24) is 14.8 Å². The number of methoxy groups -OCH3 is 1. The van der Waals surface area contributed by atoms with Gasteiger partial charge in [0.05, 0.1) is 10.6 Å². The quantitative estimate of drug-likeness (QED) is 0.737. The van der Waals surface area contributed by atoms with E-state index in [0.717, 1.165) is 16.1 Å². The average molecular weight is 306 g/mol. The summed E-state index contributed by atoms with van der Waals surface area (Å²) in [6.45, 7) is 0. The Morgan fingerprint density at radius 3 is 2.90 bits per heavy atom. The molecular weight excluding hydrogens is 294 g/mol. The largest absolute Gasteiger partial charge is 0.371 e. The minimum absolute atomic E-state index is 0.171. The van der Waals surface area contributed by atoms with Crippen LogP contribution in [0.25, 0.3) is 5.69 Å². The first kappa shape index (κ1) is 13.3. The SMILES string of the molecule is COC(c1cccc(-n2cccn2)c1)c1cnc(Cl)s1. The van der Waals surface area contributed by atoms with Gasteiger partial charge < -0.3 is 4.74 Å². The molecule has 0 aliphatic carbocycles. The lowest BCUT2D eigenvalue weighted by Crippen LogP contribution is -2.03. The van der Waals surface area contributed by atoms with Crippen LogP contribution in [0.15, 0.2) is 48.9 Å². The van der Waals surface area contributed by atoms with Gasteiger partial charge in [-0.05, 0) is 23.8 Å². The third-order valence-electron chi connectivity index (χ3n) is 2.93. The Morgan fingerprint density at radius 1 is 1.35 bits per heavy atom. The number of ether oxygens (including phenoxy) is 1. The van der Waals surface area contributed by atoms with Crippen LogP contribution in [0.2, 0.25) is 4.47 Å². The summed E-state index contributed by atoms with van der Waals surface area (Å²) in [6, 6.07) is 9.96. The number of nitrogens with zero attached hydrogens (tertiary/aromatic N) is 3. The van der Waals surface area contributed by atoms with E-state index in [0.29, 0.717) is 4.47 Å². The summed E-state index contributed by atoms with van der Waals surface area (Å²) in [5, 5.41) is 4.23. The molecule has 0 bridgehead atoms. The molecule has 0 amide bonds. The highest BCUT2D eigenvalue weighted by Crippen LogP contribution is 2.32. The fourth-order valence-electron chi connectivity index (χ4n) is 2.05. The van der Waals surface area contributed by atoms with Crippen LogP contribution in [0.4, 0.5) is 0 Å². The highest BCUT2D eigenvalue weighted by molar-refractivity contribution is 7.15. The molecular formula is C14H12ClN3OS. The van der Waals surface area contributed by atoms with Crippen LogP contribution in [0, 0.1) is 0 Å². The maximum absolute atomic E-state index is 5.90. The van der Waals surface area contributed by atoms with Gasteiger partial charge in [0.25, 0.3) is 0 Å². The minimum atomic E-state index is -0.171. The Balaban J connectivity index is 1.98. The van der Waals surface area contributed by atoms with E-state index in [1.807, 2.05) is 35.1 Å². The van der Waals surface area contributed by atoms with Crippen molar-refractivity contribution in [2.45, 2.75) is 6.10 Å². The molecule has 1 unspecified atom stereocenters. The number of halogens is 1. The van der Waals surface area contributed by atoms with E-state index in [-0.39, 0.29) is 6.10 Å². The first-order valence-corrected chi connectivity index (χ1v) is 7.21. The summed E-state index contributed by atoms with van der Waals surface area (Å²) in [5.41, 5.74) is 2.03. The maximum Gasteiger partial charge on any atom is 0.183 e. The van der Waals surface area contributed by atoms with Gasteiger partial charge in [-0.2, -0.15) is 5.10 Å². The zero-order chi connectivity index (χ0) is 13.9. The molecule has 1 aromatic carbocycles. The second-order valence-electron chi connectivity index (χ2n) is 4.18. The Labute approximate surface area is 125 Å². The van der Waals surface area contributed by atoms with Gasteiger partial charge in [-0.1, -0.05) is 23.7 Å². The van der Waals surface area contributed by atoms with E-state index in [1.165, 1.54) is 11.3 Å². The molecule has 0 aliphatic heterocycles. The van der Waals surface area contributed by atoms with Crippen molar-refractivity contribution in [2.75, 3.05) is 7.11 Å².